The van der Waals surface area contributed by atoms with Gasteiger partial charge in [0, 0.05) is 0 Å². The molecule has 0 amide bonds. The molecule has 0 aliphatic heterocycles. The second-order valence-corrected chi connectivity index (χ2v) is 3.41. The van der Waals surface area contributed by atoms with Crippen LogP contribution in [0.15, 0.2) is 24.3 Å². The molecular formula is C9H12O4S. The highest BCUT2D eigenvalue weighted by molar-refractivity contribution is 7.75. The lowest BCUT2D eigenvalue weighted by Gasteiger charge is -2.05. The fraction of sp³-hybridized carbons (Fsp3) is 0.333. The van der Waals surface area contributed by atoms with Crippen molar-refractivity contribution in [1.29, 1.82) is 0 Å². The van der Waals surface area contributed by atoms with E-state index in [0.717, 1.165) is 5.56 Å². The zero-order chi connectivity index (χ0) is 10.4. The van der Waals surface area contributed by atoms with Crippen LogP contribution in [0.25, 0.3) is 0 Å². The number of benzene rings is 1. The Hall–Kier alpha value is -0.910. The summed E-state index contributed by atoms with van der Waals surface area (Å²) in [6.45, 7) is 1.67. The van der Waals surface area contributed by atoms with E-state index in [1.807, 2.05) is 19.1 Å². The van der Waals surface area contributed by atoms with Gasteiger partial charge in [0.2, 0.25) is 0 Å². The lowest BCUT2D eigenvalue weighted by molar-refractivity contribution is 0.203. The Morgan fingerprint density at radius 3 is 2.79 bits per heavy atom. The van der Waals surface area contributed by atoms with E-state index in [1.54, 1.807) is 12.1 Å². The van der Waals surface area contributed by atoms with Gasteiger partial charge in [-0.15, -0.1) is 0 Å². The molecule has 1 aromatic carbocycles. The zero-order valence-electron chi connectivity index (χ0n) is 7.80. The summed E-state index contributed by atoms with van der Waals surface area (Å²) in [6, 6.07) is 7.19. The maximum absolute atomic E-state index is 11.1. The molecular weight excluding hydrogens is 204 g/mol. The van der Waals surface area contributed by atoms with Crippen LogP contribution >= 0.6 is 0 Å². The van der Waals surface area contributed by atoms with Crippen LogP contribution in [0.5, 0.6) is 5.75 Å². The summed E-state index contributed by atoms with van der Waals surface area (Å²) in [4.78, 5) is 0. The van der Waals surface area contributed by atoms with Crippen LogP contribution in [0.2, 0.25) is 0 Å². The molecule has 0 fully saturated rings. The van der Waals surface area contributed by atoms with Crippen molar-refractivity contribution in [3.8, 4) is 5.75 Å². The van der Waals surface area contributed by atoms with Gasteiger partial charge in [-0.2, -0.15) is 4.21 Å². The van der Waals surface area contributed by atoms with Gasteiger partial charge in [0.25, 0.3) is 0 Å². The van der Waals surface area contributed by atoms with Crippen molar-refractivity contribution in [3.05, 3.63) is 29.8 Å². The third-order valence-electron chi connectivity index (χ3n) is 1.52. The Bertz CT molecular complexity index is 313. The molecule has 0 saturated heterocycles. The van der Waals surface area contributed by atoms with Crippen molar-refractivity contribution < 1.29 is 17.7 Å². The third kappa shape index (κ3) is 3.45. The Morgan fingerprint density at radius 2 is 2.14 bits per heavy atom. The maximum Gasteiger partial charge on any atom is 0.360 e. The summed E-state index contributed by atoms with van der Waals surface area (Å²) < 4.78 is 20.7. The Balaban J connectivity index is 2.52. The molecule has 0 heterocycles. The minimum Gasteiger partial charge on any atom is -0.394 e. The molecule has 1 N–H and O–H groups in total. The van der Waals surface area contributed by atoms with Gasteiger partial charge in [-0.05, 0) is 18.6 Å². The number of hydrogen-bond acceptors (Lipinski definition) is 4. The minimum absolute atomic E-state index is 0.00150. The number of aliphatic hydroxyl groups excluding tert-OH is 1. The van der Waals surface area contributed by atoms with E-state index in [-0.39, 0.29) is 13.2 Å². The zero-order valence-corrected chi connectivity index (χ0v) is 8.62. The lowest BCUT2D eigenvalue weighted by Crippen LogP contribution is -2.08. The van der Waals surface area contributed by atoms with Gasteiger partial charge < -0.3 is 9.29 Å². The van der Waals surface area contributed by atoms with E-state index >= 15 is 0 Å². The number of para-hydroxylation sites is 1. The van der Waals surface area contributed by atoms with Gasteiger partial charge in [0.1, 0.15) is 5.75 Å². The number of rotatable bonds is 5. The van der Waals surface area contributed by atoms with E-state index in [1.165, 1.54) is 0 Å². The Labute approximate surface area is 85.3 Å². The van der Waals surface area contributed by atoms with Gasteiger partial charge in [-0.1, -0.05) is 18.2 Å². The molecule has 1 rings (SSSR count). The van der Waals surface area contributed by atoms with Crippen LogP contribution in [0.1, 0.15) is 5.56 Å². The summed E-state index contributed by atoms with van der Waals surface area (Å²) in [6.07, 6.45) is 0. The second kappa shape index (κ2) is 5.74. The SMILES string of the molecule is Cc1ccccc1OS(=O)OCCO. The fourth-order valence-corrected chi connectivity index (χ4v) is 1.44. The van der Waals surface area contributed by atoms with Gasteiger partial charge >= 0.3 is 11.4 Å². The summed E-state index contributed by atoms with van der Waals surface area (Å²) >= 11 is -1.84. The monoisotopic (exact) mass is 216 g/mol. The molecule has 0 radical (unpaired) electrons. The molecule has 0 aliphatic carbocycles. The van der Waals surface area contributed by atoms with E-state index in [0.29, 0.717) is 5.75 Å². The number of aryl methyl sites for hydroxylation is 1. The molecule has 0 saturated carbocycles. The van der Waals surface area contributed by atoms with Crippen LogP contribution in [0.3, 0.4) is 0 Å². The first-order valence-electron chi connectivity index (χ1n) is 4.14. The summed E-state index contributed by atoms with van der Waals surface area (Å²) in [7, 11) is 0. The van der Waals surface area contributed by atoms with Gasteiger partial charge in [0.05, 0.1) is 13.2 Å². The number of aliphatic hydroxyl groups is 1. The minimum atomic E-state index is -1.84. The van der Waals surface area contributed by atoms with Crippen molar-refractivity contribution in [2.45, 2.75) is 6.92 Å². The van der Waals surface area contributed by atoms with Crippen LogP contribution < -0.4 is 4.18 Å². The normalized spacial score (nSPS) is 12.4. The summed E-state index contributed by atoms with van der Waals surface area (Å²) in [5.74, 6) is 0.517. The predicted octanol–water partition coefficient (Wildman–Crippen LogP) is 0.961. The Kier molecular flexibility index (Phi) is 4.58. The first-order valence-corrected chi connectivity index (χ1v) is 5.14. The smallest absolute Gasteiger partial charge is 0.360 e. The van der Waals surface area contributed by atoms with Gasteiger partial charge in [-0.25, -0.2) is 0 Å². The van der Waals surface area contributed by atoms with E-state index in [4.69, 9.17) is 9.29 Å². The van der Waals surface area contributed by atoms with Gasteiger partial charge in [-0.3, -0.25) is 4.18 Å². The number of hydrogen-bond donors (Lipinski definition) is 1. The molecule has 0 spiro atoms. The van der Waals surface area contributed by atoms with Crippen molar-refractivity contribution in [2.75, 3.05) is 13.2 Å². The van der Waals surface area contributed by atoms with E-state index < -0.39 is 11.4 Å². The molecule has 1 unspecified atom stereocenters. The maximum atomic E-state index is 11.1. The molecule has 0 aromatic heterocycles. The molecule has 1 aromatic rings. The first kappa shape index (κ1) is 11.2. The molecule has 0 aliphatic rings. The van der Waals surface area contributed by atoms with Gasteiger partial charge in [0.15, 0.2) is 0 Å². The molecule has 1 atom stereocenters. The van der Waals surface area contributed by atoms with E-state index in [2.05, 4.69) is 4.18 Å². The van der Waals surface area contributed by atoms with Crippen LogP contribution in [-0.2, 0) is 15.5 Å². The van der Waals surface area contributed by atoms with Crippen molar-refractivity contribution >= 4 is 11.4 Å². The Morgan fingerprint density at radius 1 is 1.43 bits per heavy atom. The predicted molar refractivity (Wildman–Crippen MR) is 53.0 cm³/mol. The molecule has 0 bridgehead atoms. The molecule has 5 heteroatoms. The lowest BCUT2D eigenvalue weighted by atomic mass is 10.2. The van der Waals surface area contributed by atoms with Crippen molar-refractivity contribution in [1.82, 2.24) is 0 Å². The highest BCUT2D eigenvalue weighted by Crippen LogP contribution is 2.17. The van der Waals surface area contributed by atoms with Crippen LogP contribution in [0, 0.1) is 6.92 Å². The molecule has 78 valence electrons. The van der Waals surface area contributed by atoms with Crippen molar-refractivity contribution in [3.63, 3.8) is 0 Å². The molecule has 14 heavy (non-hydrogen) atoms. The highest BCUT2D eigenvalue weighted by atomic mass is 32.2. The fourth-order valence-electron chi connectivity index (χ4n) is 0.853. The highest BCUT2D eigenvalue weighted by Gasteiger charge is 2.04. The first-order chi connectivity index (χ1) is 6.74. The summed E-state index contributed by atoms with van der Waals surface area (Å²) in [5.41, 5.74) is 0.883. The topological polar surface area (TPSA) is 55.8 Å². The summed E-state index contributed by atoms with van der Waals surface area (Å²) in [5, 5.41) is 8.42. The average molecular weight is 216 g/mol. The standard InChI is InChI=1S/C9H12O4S/c1-8-4-2-3-5-9(8)13-14(11)12-7-6-10/h2-5,10H,6-7H2,1H3. The second-order valence-electron chi connectivity index (χ2n) is 2.60. The largest absolute Gasteiger partial charge is 0.394 e. The third-order valence-corrected chi connectivity index (χ3v) is 2.20. The van der Waals surface area contributed by atoms with Crippen LogP contribution in [0.4, 0.5) is 0 Å². The quantitative estimate of drug-likeness (QED) is 0.796. The van der Waals surface area contributed by atoms with Crippen molar-refractivity contribution in [2.24, 2.45) is 0 Å². The molecule has 4 nitrogen and oxygen atoms in total. The van der Waals surface area contributed by atoms with Crippen LogP contribution in [-0.4, -0.2) is 22.5 Å². The average Bonchev–Trinajstić information content (AvgIpc) is 2.18. The van der Waals surface area contributed by atoms with E-state index in [9.17, 15) is 4.21 Å².